The van der Waals surface area contributed by atoms with Crippen LogP contribution in [0.1, 0.15) is 90.9 Å². The Morgan fingerprint density at radius 1 is 0.818 bits per heavy atom. The molecule has 0 aliphatic carbocycles. The van der Waals surface area contributed by atoms with Crippen molar-refractivity contribution in [3.05, 3.63) is 0 Å². The van der Waals surface area contributed by atoms with E-state index in [4.69, 9.17) is 4.55 Å². The van der Waals surface area contributed by atoms with Crippen LogP contribution in [-0.2, 0) is 10.1 Å². The Balaban J connectivity index is 0. The van der Waals surface area contributed by atoms with Gasteiger partial charge in [-0.05, 0) is 26.9 Å². The van der Waals surface area contributed by atoms with Gasteiger partial charge >= 0.3 is 0 Å². The smallest absolute Gasteiger partial charge is 0.267 e. The van der Waals surface area contributed by atoms with Gasteiger partial charge in [0.25, 0.3) is 10.1 Å². The van der Waals surface area contributed by atoms with E-state index in [-0.39, 0.29) is 0 Å². The molecule has 1 unspecified atom stereocenters. The summed E-state index contributed by atoms with van der Waals surface area (Å²) in [6.45, 7) is 4.05. The maximum Gasteiger partial charge on any atom is 0.267 e. The Hall–Kier alpha value is -0.130. The number of hydrogen-bond acceptors (Lipinski definition) is 3. The summed E-state index contributed by atoms with van der Waals surface area (Å²) in [5, 5.41) is 2.20. The highest BCUT2D eigenvalue weighted by Crippen LogP contribution is 2.15. The molecule has 0 radical (unpaired) electrons. The van der Waals surface area contributed by atoms with E-state index in [9.17, 15) is 8.42 Å². The van der Waals surface area contributed by atoms with E-state index in [1.165, 1.54) is 51.4 Å². The third-order valence-corrected chi connectivity index (χ3v) is 5.17. The Morgan fingerprint density at radius 2 is 1.18 bits per heavy atom. The third kappa shape index (κ3) is 17.9. The zero-order valence-corrected chi connectivity index (χ0v) is 16.1. The van der Waals surface area contributed by atoms with Gasteiger partial charge in [0.15, 0.2) is 0 Å². The van der Waals surface area contributed by atoms with Crippen molar-refractivity contribution in [2.75, 3.05) is 14.1 Å². The maximum absolute atomic E-state index is 11.0. The van der Waals surface area contributed by atoms with Crippen LogP contribution in [0.15, 0.2) is 0 Å². The fourth-order valence-electron chi connectivity index (χ4n) is 2.42. The van der Waals surface area contributed by atoms with Crippen LogP contribution in [0.2, 0.25) is 0 Å². The first-order valence-corrected chi connectivity index (χ1v) is 10.5. The largest absolute Gasteiger partial charge is 0.323 e. The first kappa shape index (κ1) is 24.1. The fourth-order valence-corrected chi connectivity index (χ4v) is 3.31. The van der Waals surface area contributed by atoms with Gasteiger partial charge in [0.2, 0.25) is 0 Å². The van der Waals surface area contributed by atoms with Gasteiger partial charge in [0, 0.05) is 0 Å². The predicted octanol–water partition coefficient (Wildman–Crippen LogP) is 4.80. The monoisotopic (exact) mass is 337 g/mol. The van der Waals surface area contributed by atoms with Crippen LogP contribution >= 0.6 is 0 Å². The van der Waals surface area contributed by atoms with E-state index < -0.39 is 15.4 Å². The minimum absolute atomic E-state index is 0.510. The molecule has 0 fully saturated rings. The second kappa shape index (κ2) is 17.2. The average Bonchev–Trinajstić information content (AvgIpc) is 2.44. The molecule has 2 N–H and O–H groups in total. The van der Waals surface area contributed by atoms with Gasteiger partial charge in [-0.15, -0.1) is 0 Å². The molecule has 0 saturated heterocycles. The molecule has 0 aliphatic rings. The van der Waals surface area contributed by atoms with Crippen LogP contribution in [-0.4, -0.2) is 32.3 Å². The van der Waals surface area contributed by atoms with Gasteiger partial charge in [-0.3, -0.25) is 4.55 Å². The molecule has 0 aromatic rings. The second-order valence-corrected chi connectivity index (χ2v) is 7.71. The molecule has 0 heterocycles. The molecule has 0 saturated carbocycles. The molecule has 0 spiro atoms. The Bertz CT molecular complexity index is 305. The SMILES string of the molecule is CCCCCCCCCCCCC(CC)S(=O)(=O)O.CNC. The van der Waals surface area contributed by atoms with E-state index in [0.717, 1.165) is 12.8 Å². The molecule has 136 valence electrons. The summed E-state index contributed by atoms with van der Waals surface area (Å²) in [6, 6.07) is 0. The first-order valence-electron chi connectivity index (χ1n) is 8.98. The molecular formula is C17H39NO3S. The lowest BCUT2D eigenvalue weighted by atomic mass is 10.0. The highest BCUT2D eigenvalue weighted by Gasteiger charge is 2.19. The molecule has 1 atom stereocenters. The molecule has 0 bridgehead atoms. The number of rotatable bonds is 13. The van der Waals surface area contributed by atoms with Crippen LogP contribution in [0.3, 0.4) is 0 Å². The van der Waals surface area contributed by atoms with E-state index >= 15 is 0 Å². The van der Waals surface area contributed by atoms with Gasteiger partial charge in [-0.25, -0.2) is 0 Å². The number of hydrogen-bond donors (Lipinski definition) is 2. The Kier molecular flexibility index (Phi) is 18.9. The van der Waals surface area contributed by atoms with Gasteiger partial charge in [-0.2, -0.15) is 8.42 Å². The Morgan fingerprint density at radius 3 is 1.50 bits per heavy atom. The summed E-state index contributed by atoms with van der Waals surface area (Å²) in [7, 11) is -0.0752. The minimum Gasteiger partial charge on any atom is -0.323 e. The van der Waals surface area contributed by atoms with Crippen LogP contribution in [0.5, 0.6) is 0 Å². The summed E-state index contributed by atoms with van der Waals surface area (Å²) >= 11 is 0. The van der Waals surface area contributed by atoms with Crippen molar-refractivity contribution in [3.8, 4) is 0 Å². The van der Waals surface area contributed by atoms with Crippen molar-refractivity contribution in [1.29, 1.82) is 0 Å². The van der Waals surface area contributed by atoms with E-state index in [1.807, 2.05) is 21.0 Å². The summed E-state index contributed by atoms with van der Waals surface area (Å²) in [6.07, 6.45) is 13.6. The molecule has 0 rings (SSSR count). The second-order valence-electron chi connectivity index (χ2n) is 6.02. The van der Waals surface area contributed by atoms with Crippen molar-refractivity contribution in [1.82, 2.24) is 5.32 Å². The maximum atomic E-state index is 11.0. The summed E-state index contributed by atoms with van der Waals surface area (Å²) < 4.78 is 31.0. The predicted molar refractivity (Wildman–Crippen MR) is 97.1 cm³/mol. The van der Waals surface area contributed by atoms with Gasteiger partial charge in [-0.1, -0.05) is 78.1 Å². The van der Waals surface area contributed by atoms with E-state index in [1.54, 1.807) is 0 Å². The molecule has 22 heavy (non-hydrogen) atoms. The molecule has 4 nitrogen and oxygen atoms in total. The molecule has 0 amide bonds. The summed E-state index contributed by atoms with van der Waals surface area (Å²) in [5.74, 6) is 0. The molecule has 0 aliphatic heterocycles. The topological polar surface area (TPSA) is 66.4 Å². The highest BCUT2D eigenvalue weighted by atomic mass is 32.2. The van der Waals surface area contributed by atoms with Crippen molar-refractivity contribution >= 4 is 10.1 Å². The minimum atomic E-state index is -3.83. The van der Waals surface area contributed by atoms with Crippen LogP contribution in [0.4, 0.5) is 0 Å². The normalized spacial score (nSPS) is 12.6. The quantitative estimate of drug-likeness (QED) is 0.374. The van der Waals surface area contributed by atoms with Crippen molar-refractivity contribution in [2.45, 2.75) is 96.1 Å². The van der Waals surface area contributed by atoms with E-state index in [2.05, 4.69) is 12.2 Å². The third-order valence-electron chi connectivity index (χ3n) is 3.76. The van der Waals surface area contributed by atoms with Crippen molar-refractivity contribution in [3.63, 3.8) is 0 Å². The molecular weight excluding hydrogens is 298 g/mol. The summed E-state index contributed by atoms with van der Waals surface area (Å²) in [4.78, 5) is 0. The van der Waals surface area contributed by atoms with Gasteiger partial charge < -0.3 is 5.32 Å². The average molecular weight is 338 g/mol. The number of unbranched alkanes of at least 4 members (excludes halogenated alkanes) is 9. The lowest BCUT2D eigenvalue weighted by Gasteiger charge is -2.10. The lowest BCUT2D eigenvalue weighted by Crippen LogP contribution is -2.19. The van der Waals surface area contributed by atoms with Crippen molar-refractivity contribution in [2.24, 2.45) is 0 Å². The Labute approximate surface area is 139 Å². The molecule has 0 aromatic carbocycles. The van der Waals surface area contributed by atoms with Crippen LogP contribution in [0.25, 0.3) is 0 Å². The highest BCUT2D eigenvalue weighted by molar-refractivity contribution is 7.86. The summed E-state index contributed by atoms with van der Waals surface area (Å²) in [5.41, 5.74) is 0. The van der Waals surface area contributed by atoms with E-state index in [0.29, 0.717) is 12.8 Å². The van der Waals surface area contributed by atoms with Gasteiger partial charge in [0.1, 0.15) is 0 Å². The molecule has 5 heteroatoms. The standard InChI is InChI=1S/C15H32O3S.C2H7N/c1-3-5-6-7-8-9-10-11-12-13-14-15(4-2)19(16,17)18;1-3-2/h15H,3-14H2,1-2H3,(H,16,17,18);3H,1-2H3. The zero-order chi connectivity index (χ0) is 17.3. The van der Waals surface area contributed by atoms with Crippen LogP contribution in [0, 0.1) is 0 Å². The van der Waals surface area contributed by atoms with Gasteiger partial charge in [0.05, 0.1) is 5.25 Å². The lowest BCUT2D eigenvalue weighted by molar-refractivity contribution is 0.452. The molecule has 0 aromatic heterocycles. The van der Waals surface area contributed by atoms with Crippen molar-refractivity contribution < 1.29 is 13.0 Å². The zero-order valence-electron chi connectivity index (χ0n) is 15.2. The number of nitrogens with one attached hydrogen (secondary N) is 1. The van der Waals surface area contributed by atoms with Crippen LogP contribution < -0.4 is 5.32 Å². The first-order chi connectivity index (χ1) is 10.4. The fraction of sp³-hybridized carbons (Fsp3) is 1.00.